The molecule has 29 heavy (non-hydrogen) atoms. The van der Waals surface area contributed by atoms with Gasteiger partial charge in [-0.25, -0.2) is 4.79 Å². The molecule has 0 aromatic heterocycles. The van der Waals surface area contributed by atoms with E-state index >= 15 is 0 Å². The maximum atomic E-state index is 11.8. The number of nitrogens with zero attached hydrogens (tertiary/aromatic N) is 2. The lowest BCUT2D eigenvalue weighted by atomic mass is 10.1. The van der Waals surface area contributed by atoms with Crippen molar-refractivity contribution in [2.24, 2.45) is 4.99 Å². The van der Waals surface area contributed by atoms with E-state index in [1.807, 2.05) is 38.1 Å². The van der Waals surface area contributed by atoms with Gasteiger partial charge in [0.2, 0.25) is 5.91 Å². The summed E-state index contributed by atoms with van der Waals surface area (Å²) in [7, 11) is 1.75. The van der Waals surface area contributed by atoms with E-state index in [-0.39, 0.29) is 18.0 Å². The molecule has 0 aliphatic carbocycles. The third-order valence-corrected chi connectivity index (χ3v) is 4.76. The van der Waals surface area contributed by atoms with Crippen LogP contribution in [0.4, 0.5) is 10.5 Å². The molecule has 0 spiro atoms. The van der Waals surface area contributed by atoms with Crippen LogP contribution in [-0.2, 0) is 16.1 Å². The van der Waals surface area contributed by atoms with E-state index in [2.05, 4.69) is 20.9 Å². The van der Waals surface area contributed by atoms with E-state index in [0.29, 0.717) is 32.7 Å². The lowest BCUT2D eigenvalue weighted by Gasteiger charge is -2.32. The van der Waals surface area contributed by atoms with Crippen molar-refractivity contribution in [1.29, 1.82) is 0 Å². The molecular weight excluding hydrogens is 370 g/mol. The number of aliphatic imine (C=N–C) groups is 1. The Kier molecular flexibility index (Phi) is 9.27. The van der Waals surface area contributed by atoms with Crippen molar-refractivity contribution in [3.05, 3.63) is 29.8 Å². The molecule has 8 heteroatoms. The standard InChI is InChI=1S/C21H33N5O3/c1-4-6-19(27)24-17-9-7-16(8-10-17)15-23-20(22-3)25-18-11-13-26(14-12-18)21(28)29-5-2/h7-10,18H,4-6,11-15H2,1-3H3,(H,24,27)(H2,22,23,25). The van der Waals surface area contributed by atoms with Gasteiger partial charge < -0.3 is 25.6 Å². The molecule has 2 rings (SSSR count). The highest BCUT2D eigenvalue weighted by Crippen LogP contribution is 2.12. The first-order chi connectivity index (χ1) is 14.0. The lowest BCUT2D eigenvalue weighted by molar-refractivity contribution is -0.116. The fourth-order valence-corrected chi connectivity index (χ4v) is 3.15. The summed E-state index contributed by atoms with van der Waals surface area (Å²) < 4.78 is 5.06. The van der Waals surface area contributed by atoms with Crippen LogP contribution < -0.4 is 16.0 Å². The molecule has 0 saturated carbocycles. The van der Waals surface area contributed by atoms with Crippen molar-refractivity contribution >= 4 is 23.6 Å². The van der Waals surface area contributed by atoms with Crippen molar-refractivity contribution in [1.82, 2.24) is 15.5 Å². The van der Waals surface area contributed by atoms with Crippen LogP contribution in [0.25, 0.3) is 0 Å². The Morgan fingerprint density at radius 3 is 2.45 bits per heavy atom. The van der Waals surface area contributed by atoms with Crippen LogP contribution in [-0.4, -0.2) is 55.6 Å². The van der Waals surface area contributed by atoms with Crippen LogP contribution in [0.15, 0.2) is 29.3 Å². The summed E-state index contributed by atoms with van der Waals surface area (Å²) in [4.78, 5) is 29.5. The predicted molar refractivity (Wildman–Crippen MR) is 115 cm³/mol. The minimum absolute atomic E-state index is 0.0389. The second-order valence-electron chi connectivity index (χ2n) is 7.03. The first-order valence-corrected chi connectivity index (χ1v) is 10.3. The minimum Gasteiger partial charge on any atom is -0.450 e. The van der Waals surface area contributed by atoms with E-state index in [0.717, 1.165) is 36.5 Å². The van der Waals surface area contributed by atoms with Crippen LogP contribution in [0.1, 0.15) is 45.1 Å². The van der Waals surface area contributed by atoms with Gasteiger partial charge in [-0.2, -0.15) is 0 Å². The van der Waals surface area contributed by atoms with Crippen molar-refractivity contribution in [2.45, 2.75) is 52.1 Å². The Labute approximate surface area is 173 Å². The Hall–Kier alpha value is -2.77. The van der Waals surface area contributed by atoms with Crippen molar-refractivity contribution in [3.8, 4) is 0 Å². The van der Waals surface area contributed by atoms with Crippen molar-refractivity contribution in [3.63, 3.8) is 0 Å². The first kappa shape index (κ1) is 22.5. The summed E-state index contributed by atoms with van der Waals surface area (Å²) in [5.74, 6) is 0.775. The molecular formula is C21H33N5O3. The van der Waals surface area contributed by atoms with Gasteiger partial charge in [-0.1, -0.05) is 19.1 Å². The zero-order valence-electron chi connectivity index (χ0n) is 17.7. The Morgan fingerprint density at radius 1 is 1.17 bits per heavy atom. The average molecular weight is 404 g/mol. The fraction of sp³-hybridized carbons (Fsp3) is 0.571. The largest absolute Gasteiger partial charge is 0.450 e. The number of carbonyl (C=O) groups is 2. The van der Waals surface area contributed by atoms with Gasteiger partial charge in [0, 0.05) is 44.8 Å². The maximum Gasteiger partial charge on any atom is 0.409 e. The van der Waals surface area contributed by atoms with Crippen LogP contribution >= 0.6 is 0 Å². The highest BCUT2D eigenvalue weighted by atomic mass is 16.6. The van der Waals surface area contributed by atoms with Crippen molar-refractivity contribution < 1.29 is 14.3 Å². The normalized spacial score (nSPS) is 15.0. The molecule has 0 radical (unpaired) electrons. The third kappa shape index (κ3) is 7.63. The second kappa shape index (κ2) is 11.9. The van der Waals surface area contributed by atoms with Crippen LogP contribution in [0.5, 0.6) is 0 Å². The van der Waals surface area contributed by atoms with Gasteiger partial charge >= 0.3 is 6.09 Å². The van der Waals surface area contributed by atoms with E-state index in [1.165, 1.54) is 0 Å². The average Bonchev–Trinajstić information content (AvgIpc) is 2.73. The van der Waals surface area contributed by atoms with Crippen LogP contribution in [0.2, 0.25) is 0 Å². The predicted octanol–water partition coefficient (Wildman–Crippen LogP) is 2.71. The van der Waals surface area contributed by atoms with E-state index in [4.69, 9.17) is 4.74 Å². The smallest absolute Gasteiger partial charge is 0.409 e. The molecule has 8 nitrogen and oxygen atoms in total. The summed E-state index contributed by atoms with van der Waals surface area (Å²) in [6.45, 7) is 6.19. The molecule has 3 N–H and O–H groups in total. The Balaban J connectivity index is 1.75. The molecule has 160 valence electrons. The highest BCUT2D eigenvalue weighted by molar-refractivity contribution is 5.90. The summed E-state index contributed by atoms with van der Waals surface area (Å²) in [6.07, 6.45) is 2.84. The van der Waals surface area contributed by atoms with E-state index in [9.17, 15) is 9.59 Å². The quantitative estimate of drug-likeness (QED) is 0.481. The number of rotatable bonds is 7. The monoisotopic (exact) mass is 403 g/mol. The number of carbonyl (C=O) groups excluding carboxylic acids is 2. The number of ether oxygens (including phenoxy) is 1. The number of hydrogen-bond acceptors (Lipinski definition) is 4. The van der Waals surface area contributed by atoms with Gasteiger partial charge in [0.15, 0.2) is 5.96 Å². The maximum absolute atomic E-state index is 11.8. The number of guanidine groups is 1. The molecule has 0 atom stereocenters. The number of piperidine rings is 1. The van der Waals surface area contributed by atoms with Gasteiger partial charge in [-0.05, 0) is 43.9 Å². The summed E-state index contributed by atoms with van der Waals surface area (Å²) in [6, 6.07) is 8.06. The third-order valence-electron chi connectivity index (χ3n) is 4.76. The van der Waals surface area contributed by atoms with Crippen LogP contribution in [0.3, 0.4) is 0 Å². The highest BCUT2D eigenvalue weighted by Gasteiger charge is 2.23. The molecule has 1 aromatic rings. The van der Waals surface area contributed by atoms with Gasteiger partial charge in [-0.15, -0.1) is 0 Å². The number of benzene rings is 1. The molecule has 1 aliphatic heterocycles. The first-order valence-electron chi connectivity index (χ1n) is 10.3. The summed E-state index contributed by atoms with van der Waals surface area (Å²) in [5, 5.41) is 9.62. The minimum atomic E-state index is -0.234. The number of hydrogen-bond donors (Lipinski definition) is 3. The Morgan fingerprint density at radius 2 is 1.86 bits per heavy atom. The number of anilines is 1. The number of nitrogens with one attached hydrogen (secondary N) is 3. The number of likely N-dealkylation sites (tertiary alicyclic amines) is 1. The van der Waals surface area contributed by atoms with Crippen LogP contribution in [0, 0.1) is 0 Å². The molecule has 1 aliphatic rings. The molecule has 1 fully saturated rings. The fourth-order valence-electron chi connectivity index (χ4n) is 3.15. The summed E-state index contributed by atoms with van der Waals surface area (Å²) in [5.41, 5.74) is 1.90. The molecule has 1 saturated heterocycles. The SMILES string of the molecule is CCCC(=O)Nc1ccc(CNC(=NC)NC2CCN(C(=O)OCC)CC2)cc1. The second-order valence-corrected chi connectivity index (χ2v) is 7.03. The summed E-state index contributed by atoms with van der Waals surface area (Å²) >= 11 is 0. The van der Waals surface area contributed by atoms with Gasteiger partial charge in [0.05, 0.1) is 6.61 Å². The van der Waals surface area contributed by atoms with Crippen molar-refractivity contribution in [2.75, 3.05) is 32.1 Å². The lowest BCUT2D eigenvalue weighted by Crippen LogP contribution is -2.49. The molecule has 1 heterocycles. The van der Waals surface area contributed by atoms with E-state index in [1.54, 1.807) is 11.9 Å². The Bertz CT molecular complexity index is 682. The molecule has 2 amide bonds. The topological polar surface area (TPSA) is 95.1 Å². The molecule has 0 bridgehead atoms. The van der Waals surface area contributed by atoms with E-state index < -0.39 is 0 Å². The molecule has 1 aromatic carbocycles. The zero-order valence-corrected chi connectivity index (χ0v) is 17.7. The zero-order chi connectivity index (χ0) is 21.1. The molecule has 0 unspecified atom stereocenters. The van der Waals surface area contributed by atoms with Gasteiger partial charge in [-0.3, -0.25) is 9.79 Å². The van der Waals surface area contributed by atoms with Gasteiger partial charge in [0.1, 0.15) is 0 Å². The van der Waals surface area contributed by atoms with Gasteiger partial charge in [0.25, 0.3) is 0 Å². The number of amides is 2.